The Kier molecular flexibility index (Phi) is 6.05. The molecule has 3 rings (SSSR count). The maximum Gasteiger partial charge on any atom is 0.335 e. The summed E-state index contributed by atoms with van der Waals surface area (Å²) in [5.41, 5.74) is 0.212. The molecule has 1 aliphatic heterocycles. The molecule has 0 saturated carbocycles. The quantitative estimate of drug-likeness (QED) is 0.242. The normalized spacial score (nSPS) is 14.5. The number of urea groups is 1. The molecule has 2 aromatic rings. The number of phenols is 1. The Balaban J connectivity index is 2.08. The number of nitrogens with zero attached hydrogens (tertiary/aromatic N) is 1. The number of carbonyl (C=O) groups is 3. The van der Waals surface area contributed by atoms with Crippen LogP contribution in [0.25, 0.3) is 6.08 Å². The fourth-order valence-corrected chi connectivity index (χ4v) is 5.40. The number of methoxy groups -OCH3 is 1. The van der Waals surface area contributed by atoms with Crippen molar-refractivity contribution < 1.29 is 32.6 Å². The van der Waals surface area contributed by atoms with E-state index in [2.05, 4.69) is 4.72 Å². The second kappa shape index (κ2) is 8.38. The van der Waals surface area contributed by atoms with E-state index in [0.717, 1.165) is 29.3 Å². The summed E-state index contributed by atoms with van der Waals surface area (Å²) in [5, 5.41) is 14.0. The molecule has 1 aliphatic rings. The van der Waals surface area contributed by atoms with Crippen LogP contribution in [-0.2, 0) is 19.6 Å². The van der Waals surface area contributed by atoms with Crippen LogP contribution in [0, 0.1) is 0 Å². The number of hydrogen-bond donors (Lipinski definition) is 3. The average Bonchev–Trinajstić information content (AvgIpc) is 3.32. The maximum absolute atomic E-state index is 12.6. The van der Waals surface area contributed by atoms with Crippen molar-refractivity contribution in [1.82, 2.24) is 10.2 Å². The van der Waals surface area contributed by atoms with Crippen LogP contribution in [0.15, 0.2) is 38.9 Å². The molecule has 0 bridgehead atoms. The van der Waals surface area contributed by atoms with Crippen molar-refractivity contribution in [2.45, 2.75) is 9.10 Å². The molecular weight excluding hydrogens is 454 g/mol. The summed E-state index contributed by atoms with van der Waals surface area (Å²) < 4.78 is 33.0. The summed E-state index contributed by atoms with van der Waals surface area (Å²) in [5.74, 6) is -2.53. The van der Waals surface area contributed by atoms with Crippen LogP contribution in [0.5, 0.6) is 11.5 Å². The van der Waals surface area contributed by atoms with Gasteiger partial charge in [0.25, 0.3) is 10.0 Å². The number of rotatable bonds is 7. The fraction of sp³-hybridized carbons (Fsp3) is 0.118. The number of benzene rings is 1. The molecule has 0 atom stereocenters. The third kappa shape index (κ3) is 3.99. The van der Waals surface area contributed by atoms with Crippen molar-refractivity contribution in [3.8, 4) is 11.5 Å². The molecule has 0 unspecified atom stereocenters. The first-order chi connectivity index (χ1) is 14.2. The molecule has 4 amide bonds. The summed E-state index contributed by atoms with van der Waals surface area (Å²) in [6, 6.07) is 3.42. The molecule has 30 heavy (non-hydrogen) atoms. The molecule has 1 saturated heterocycles. The predicted molar refractivity (Wildman–Crippen MR) is 111 cm³/mol. The number of thioether (sulfide) groups is 1. The van der Waals surface area contributed by atoms with E-state index in [1.54, 1.807) is 17.7 Å². The first kappa shape index (κ1) is 21.7. The zero-order chi connectivity index (χ0) is 22.1. The molecule has 13 heteroatoms. The SMILES string of the molecule is COc1cc(NS(=O)(=O)c2cccs2)c(SC)c(/C=C/N2C(=O)NC(=O)C2=O)c1O. The second-order valence-electron chi connectivity index (χ2n) is 5.71. The van der Waals surface area contributed by atoms with Gasteiger partial charge in [0.1, 0.15) is 4.21 Å². The minimum atomic E-state index is -3.89. The molecule has 2 heterocycles. The third-order valence-corrected chi connectivity index (χ3v) is 7.54. The summed E-state index contributed by atoms with van der Waals surface area (Å²) in [4.78, 5) is 35.6. The van der Waals surface area contributed by atoms with Crippen molar-refractivity contribution in [2.24, 2.45) is 0 Å². The Hall–Kier alpha value is -3.03. The van der Waals surface area contributed by atoms with Crippen LogP contribution < -0.4 is 14.8 Å². The summed E-state index contributed by atoms with van der Waals surface area (Å²) in [6.45, 7) is 0. The van der Waals surface area contributed by atoms with Gasteiger partial charge >= 0.3 is 17.8 Å². The molecule has 1 aromatic carbocycles. The van der Waals surface area contributed by atoms with E-state index in [-0.39, 0.29) is 27.0 Å². The van der Waals surface area contributed by atoms with Crippen molar-refractivity contribution >= 4 is 62.7 Å². The molecule has 0 radical (unpaired) electrons. The molecule has 1 aromatic heterocycles. The van der Waals surface area contributed by atoms with Crippen LogP contribution in [0.4, 0.5) is 10.5 Å². The minimum Gasteiger partial charge on any atom is -0.504 e. The van der Waals surface area contributed by atoms with E-state index in [9.17, 15) is 27.9 Å². The topological polar surface area (TPSA) is 142 Å². The monoisotopic (exact) mass is 469 g/mol. The lowest BCUT2D eigenvalue weighted by atomic mass is 10.1. The summed E-state index contributed by atoms with van der Waals surface area (Å²) >= 11 is 2.15. The number of nitrogens with one attached hydrogen (secondary N) is 2. The van der Waals surface area contributed by atoms with Crippen molar-refractivity contribution in [3.05, 3.63) is 35.3 Å². The zero-order valence-corrected chi connectivity index (χ0v) is 18.0. The van der Waals surface area contributed by atoms with Gasteiger partial charge in [-0.3, -0.25) is 19.6 Å². The van der Waals surface area contributed by atoms with E-state index < -0.39 is 27.9 Å². The van der Waals surface area contributed by atoms with Crippen LogP contribution >= 0.6 is 23.1 Å². The maximum atomic E-state index is 12.6. The highest BCUT2D eigenvalue weighted by molar-refractivity contribution is 7.99. The van der Waals surface area contributed by atoms with Gasteiger partial charge in [0.2, 0.25) is 0 Å². The zero-order valence-electron chi connectivity index (χ0n) is 15.5. The third-order valence-electron chi connectivity index (χ3n) is 3.92. The number of thiophene rings is 1. The lowest BCUT2D eigenvalue weighted by molar-refractivity contribution is -0.139. The average molecular weight is 470 g/mol. The Morgan fingerprint density at radius 1 is 1.33 bits per heavy atom. The standard InChI is InChI=1S/C17H15N3O7S3/c1-27-11-8-10(19-30(25,26)12-4-3-7-29-12)14(28-2)9(13(11)21)5-6-20-16(23)15(22)18-17(20)24/h3-8,19,21H,1-2H3,(H,18,22,24)/b6-5+. The molecule has 0 aliphatic carbocycles. The number of imide groups is 2. The molecule has 0 spiro atoms. The number of ether oxygens (including phenoxy) is 1. The van der Waals surface area contributed by atoms with Gasteiger partial charge in [-0.2, -0.15) is 0 Å². The van der Waals surface area contributed by atoms with E-state index >= 15 is 0 Å². The Morgan fingerprint density at radius 3 is 2.60 bits per heavy atom. The summed E-state index contributed by atoms with van der Waals surface area (Å²) in [7, 11) is -2.61. The number of phenolic OH excluding ortho intramolecular Hbond substituents is 1. The number of anilines is 1. The van der Waals surface area contributed by atoms with Gasteiger partial charge in [0, 0.05) is 22.7 Å². The minimum absolute atomic E-state index is 0.0374. The number of sulfonamides is 1. The molecule has 3 N–H and O–H groups in total. The Labute approximate surface area is 179 Å². The highest BCUT2D eigenvalue weighted by Gasteiger charge is 2.35. The van der Waals surface area contributed by atoms with Gasteiger partial charge in [0.05, 0.1) is 12.8 Å². The number of aromatic hydroxyl groups is 1. The van der Waals surface area contributed by atoms with Gasteiger partial charge in [0.15, 0.2) is 11.5 Å². The second-order valence-corrected chi connectivity index (χ2v) is 9.38. The number of amides is 4. The van der Waals surface area contributed by atoms with E-state index in [1.807, 2.05) is 5.32 Å². The first-order valence-electron chi connectivity index (χ1n) is 8.10. The van der Waals surface area contributed by atoms with Crippen molar-refractivity contribution in [2.75, 3.05) is 18.1 Å². The Morgan fingerprint density at radius 2 is 2.07 bits per heavy atom. The Bertz CT molecular complexity index is 1160. The summed E-state index contributed by atoms with van der Waals surface area (Å²) in [6.07, 6.45) is 3.87. The van der Waals surface area contributed by atoms with Crippen LogP contribution in [0.2, 0.25) is 0 Å². The van der Waals surface area contributed by atoms with Gasteiger partial charge in [-0.05, 0) is 23.8 Å². The predicted octanol–water partition coefficient (Wildman–Crippen LogP) is 2.03. The van der Waals surface area contributed by atoms with E-state index in [1.165, 1.54) is 25.3 Å². The first-order valence-corrected chi connectivity index (χ1v) is 11.7. The molecule has 158 valence electrons. The van der Waals surface area contributed by atoms with Gasteiger partial charge < -0.3 is 9.84 Å². The fourth-order valence-electron chi connectivity index (χ4n) is 2.56. The molecular formula is C17H15N3O7S3. The number of hydrogen-bond acceptors (Lipinski definition) is 9. The van der Waals surface area contributed by atoms with Crippen molar-refractivity contribution in [1.29, 1.82) is 0 Å². The lowest BCUT2D eigenvalue weighted by Gasteiger charge is -2.17. The largest absolute Gasteiger partial charge is 0.504 e. The van der Waals surface area contributed by atoms with Crippen molar-refractivity contribution in [3.63, 3.8) is 0 Å². The van der Waals surface area contributed by atoms with Crippen LogP contribution in [-0.4, -0.2) is 49.6 Å². The van der Waals surface area contributed by atoms with Crippen LogP contribution in [0.1, 0.15) is 5.56 Å². The highest BCUT2D eigenvalue weighted by Crippen LogP contribution is 2.43. The van der Waals surface area contributed by atoms with Gasteiger partial charge in [-0.25, -0.2) is 18.1 Å². The highest BCUT2D eigenvalue weighted by atomic mass is 32.2. The van der Waals surface area contributed by atoms with E-state index in [0.29, 0.717) is 9.80 Å². The molecule has 1 fully saturated rings. The van der Waals surface area contributed by atoms with Crippen LogP contribution in [0.3, 0.4) is 0 Å². The van der Waals surface area contributed by atoms with Gasteiger partial charge in [-0.1, -0.05) is 6.07 Å². The number of carbonyl (C=O) groups excluding carboxylic acids is 3. The smallest absolute Gasteiger partial charge is 0.335 e. The molecule has 10 nitrogen and oxygen atoms in total. The van der Waals surface area contributed by atoms with E-state index in [4.69, 9.17) is 4.74 Å². The van der Waals surface area contributed by atoms with Gasteiger partial charge in [-0.15, -0.1) is 23.1 Å². The lowest BCUT2D eigenvalue weighted by Crippen LogP contribution is -2.25.